The Bertz CT molecular complexity index is 300. The maximum atomic E-state index is 2.47. The van der Waals surface area contributed by atoms with Crippen LogP contribution in [-0.2, 0) is 0 Å². The van der Waals surface area contributed by atoms with Gasteiger partial charge in [-0.2, -0.15) is 0 Å². The summed E-state index contributed by atoms with van der Waals surface area (Å²) in [5.41, 5.74) is 0.319. The van der Waals surface area contributed by atoms with Crippen LogP contribution in [0.25, 0.3) is 0 Å². The van der Waals surface area contributed by atoms with Crippen molar-refractivity contribution in [2.75, 3.05) is 0 Å². The minimum Gasteiger partial charge on any atom is -0.0970 e. The molecule has 0 N–H and O–H groups in total. The van der Waals surface area contributed by atoms with Crippen LogP contribution >= 0.6 is 0 Å². The Balaban J connectivity index is 3.56. The van der Waals surface area contributed by atoms with E-state index in [2.05, 4.69) is 84.5 Å². The molecule has 0 radical (unpaired) electrons. The molecule has 0 unspecified atom stereocenters. The third-order valence-corrected chi connectivity index (χ3v) is 8.51. The zero-order valence-electron chi connectivity index (χ0n) is 14.1. The molecule has 0 aromatic heterocycles. The van der Waals surface area contributed by atoms with E-state index in [1.807, 2.05) is 0 Å². The molecule has 1 saturated carbocycles. The van der Waals surface area contributed by atoms with Crippen LogP contribution in [0.4, 0.5) is 0 Å². The van der Waals surface area contributed by atoms with Gasteiger partial charge in [-0.3, -0.25) is 0 Å². The monoisotopic (exact) mass is 220 g/mol. The SMILES string of the molecule is BC1C(B)(B)C(B)(B)C(C)(C)C(B)(B)C1(B)B. The molecule has 9 heteroatoms. The van der Waals surface area contributed by atoms with Gasteiger partial charge < -0.3 is 0 Å². The maximum absolute atomic E-state index is 2.47. The molecule has 0 aliphatic heterocycles. The molecule has 1 aliphatic rings. The summed E-state index contributed by atoms with van der Waals surface area (Å²) in [5.74, 6) is 0.716. The molecule has 0 amide bonds. The van der Waals surface area contributed by atoms with Crippen molar-refractivity contribution in [1.29, 1.82) is 0 Å². The molecule has 0 spiro atoms. The van der Waals surface area contributed by atoms with Crippen LogP contribution in [0.5, 0.6) is 0 Å². The van der Waals surface area contributed by atoms with E-state index < -0.39 is 0 Å². The van der Waals surface area contributed by atoms with Gasteiger partial charge in [0.15, 0.2) is 0 Å². The summed E-state index contributed by atoms with van der Waals surface area (Å²) < 4.78 is 0. The van der Waals surface area contributed by atoms with Gasteiger partial charge in [-0.1, -0.05) is 45.9 Å². The molecule has 0 heterocycles. The molecule has 84 valence electrons. The van der Waals surface area contributed by atoms with Crippen LogP contribution in [0, 0.1) is 5.41 Å². The molecular formula is C8H25B9. The molecule has 17 heavy (non-hydrogen) atoms. The van der Waals surface area contributed by atoms with Crippen molar-refractivity contribution in [2.45, 2.75) is 40.5 Å². The van der Waals surface area contributed by atoms with Crippen molar-refractivity contribution >= 4 is 70.6 Å². The predicted molar refractivity (Wildman–Crippen MR) is 105 cm³/mol. The number of rotatable bonds is 0. The van der Waals surface area contributed by atoms with Gasteiger partial charge in [0.2, 0.25) is 0 Å². The Hall–Kier alpha value is 0.584. The molecule has 1 fully saturated rings. The van der Waals surface area contributed by atoms with Crippen molar-refractivity contribution in [1.82, 2.24) is 0 Å². The lowest BCUT2D eigenvalue weighted by molar-refractivity contribution is 0.165. The first-order valence-corrected chi connectivity index (χ1v) is 7.15. The Morgan fingerprint density at radius 2 is 0.882 bits per heavy atom. The zero-order valence-corrected chi connectivity index (χ0v) is 14.1. The van der Waals surface area contributed by atoms with E-state index in [0.29, 0.717) is 32.1 Å². The standard InChI is InChI=1S/C8H25B9/c1-4(2)7(14,15)5(10,11)3(9)6(12,13)8(4,16)17/h3H,9-17H2,1-2H3. The van der Waals surface area contributed by atoms with Crippen molar-refractivity contribution < 1.29 is 0 Å². The molecule has 0 atom stereocenters. The third kappa shape index (κ3) is 1.49. The second-order valence-corrected chi connectivity index (χ2v) is 9.04. The van der Waals surface area contributed by atoms with Gasteiger partial charge >= 0.3 is 0 Å². The summed E-state index contributed by atoms with van der Waals surface area (Å²) in [6.45, 7) is 4.95. The van der Waals surface area contributed by atoms with Crippen molar-refractivity contribution in [3.63, 3.8) is 0 Å². The van der Waals surface area contributed by atoms with Crippen LogP contribution < -0.4 is 0 Å². The molecule has 0 aromatic rings. The first-order valence-electron chi connectivity index (χ1n) is 7.15. The fourth-order valence-electron chi connectivity index (χ4n) is 4.38. The van der Waals surface area contributed by atoms with Gasteiger partial charge in [0.05, 0.1) is 62.8 Å². The topological polar surface area (TPSA) is 0 Å². The first-order chi connectivity index (χ1) is 7.15. The largest absolute Gasteiger partial charge is 0.103 e. The summed E-state index contributed by atoms with van der Waals surface area (Å²) in [6.07, 6.45) is 0. The van der Waals surface area contributed by atoms with Gasteiger partial charge in [0, 0.05) is 0 Å². The van der Waals surface area contributed by atoms with E-state index in [1.165, 1.54) is 0 Å². The average molecular weight is 219 g/mol. The third-order valence-electron chi connectivity index (χ3n) is 8.51. The second kappa shape index (κ2) is 3.57. The van der Waals surface area contributed by atoms with E-state index in [1.54, 1.807) is 0 Å². The van der Waals surface area contributed by atoms with Crippen LogP contribution in [-0.4, -0.2) is 70.6 Å². The van der Waals surface area contributed by atoms with Gasteiger partial charge in [-0.05, 0) is 0 Å². The highest BCUT2D eigenvalue weighted by Gasteiger charge is 2.65. The minimum atomic E-state index is 0.319. The number of hydrogen-bond acceptors (Lipinski definition) is 0. The molecule has 0 bridgehead atoms. The molecular weight excluding hydrogens is 193 g/mol. The summed E-state index contributed by atoms with van der Waals surface area (Å²) in [5, 5.41) is 1.38. The van der Waals surface area contributed by atoms with Crippen LogP contribution in [0.15, 0.2) is 0 Å². The summed E-state index contributed by atoms with van der Waals surface area (Å²) in [6, 6.07) is 0. The van der Waals surface area contributed by atoms with Gasteiger partial charge in [0.1, 0.15) is 7.85 Å². The summed E-state index contributed by atoms with van der Waals surface area (Å²) in [7, 11) is 22.2. The lowest BCUT2D eigenvalue weighted by Crippen LogP contribution is -2.62. The summed E-state index contributed by atoms with van der Waals surface area (Å²) in [4.78, 5) is 0. The first kappa shape index (κ1) is 15.6. The van der Waals surface area contributed by atoms with E-state index in [-0.39, 0.29) is 0 Å². The molecule has 0 aromatic carbocycles. The number of hydrogen-bond donors (Lipinski definition) is 0. The highest BCUT2D eigenvalue weighted by atomic mass is 14.6. The highest BCUT2D eigenvalue weighted by Crippen LogP contribution is 2.79. The van der Waals surface area contributed by atoms with Gasteiger partial charge in [-0.15, -0.1) is 0 Å². The van der Waals surface area contributed by atoms with Crippen molar-refractivity contribution in [3.05, 3.63) is 0 Å². The van der Waals surface area contributed by atoms with Crippen molar-refractivity contribution in [2.24, 2.45) is 5.41 Å². The quantitative estimate of drug-likeness (QED) is 0.355. The second-order valence-electron chi connectivity index (χ2n) is 9.04. The summed E-state index contributed by atoms with van der Waals surface area (Å²) >= 11 is 0. The minimum absolute atomic E-state index is 0.319. The Labute approximate surface area is 117 Å². The highest BCUT2D eigenvalue weighted by molar-refractivity contribution is 6.64. The predicted octanol–water partition coefficient (Wildman–Crippen LogP) is -6.02. The Kier molecular flexibility index (Phi) is 3.29. The van der Waals surface area contributed by atoms with E-state index in [4.69, 9.17) is 0 Å². The van der Waals surface area contributed by atoms with Crippen LogP contribution in [0.3, 0.4) is 0 Å². The van der Waals surface area contributed by atoms with E-state index >= 15 is 0 Å². The molecule has 1 rings (SSSR count). The van der Waals surface area contributed by atoms with E-state index in [9.17, 15) is 0 Å². The van der Waals surface area contributed by atoms with Crippen LogP contribution in [0.1, 0.15) is 13.8 Å². The normalized spacial score (nSPS) is 32.8. The average Bonchev–Trinajstić information content (AvgIpc) is 2.13. The molecule has 1 aliphatic carbocycles. The van der Waals surface area contributed by atoms with Crippen LogP contribution in [0.2, 0.25) is 26.7 Å². The Morgan fingerprint density at radius 1 is 0.647 bits per heavy atom. The zero-order chi connectivity index (χ0) is 14.1. The molecule has 0 saturated heterocycles. The fourth-order valence-corrected chi connectivity index (χ4v) is 4.38. The maximum Gasteiger partial charge on any atom is 0.103 e. The Morgan fingerprint density at radius 3 is 1.12 bits per heavy atom. The van der Waals surface area contributed by atoms with E-state index in [0.717, 1.165) is 0 Å². The lowest BCUT2D eigenvalue weighted by atomic mass is 9.04. The van der Waals surface area contributed by atoms with Gasteiger partial charge in [0.25, 0.3) is 0 Å². The van der Waals surface area contributed by atoms with Crippen molar-refractivity contribution in [3.8, 4) is 0 Å². The lowest BCUT2D eigenvalue weighted by Gasteiger charge is -2.74. The fraction of sp³-hybridized carbons (Fsp3) is 1.00. The smallest absolute Gasteiger partial charge is 0.0970 e. The molecule has 0 nitrogen and oxygen atoms in total. The van der Waals surface area contributed by atoms with Gasteiger partial charge in [-0.25, -0.2) is 0 Å².